The van der Waals surface area contributed by atoms with Crippen LogP contribution in [0.2, 0.25) is 0 Å². The molecule has 0 amide bonds. The highest BCUT2D eigenvalue weighted by molar-refractivity contribution is 5.60. The SMILES string of the molecule is COC(=O)OC1(C)CC2C=CC1C2. The van der Waals surface area contributed by atoms with Crippen LogP contribution in [0.5, 0.6) is 0 Å². The lowest BCUT2D eigenvalue weighted by Gasteiger charge is -2.30. The first-order chi connectivity index (χ1) is 6.14. The lowest BCUT2D eigenvalue weighted by molar-refractivity contribution is -0.0314. The van der Waals surface area contributed by atoms with E-state index in [-0.39, 0.29) is 5.60 Å². The van der Waals surface area contributed by atoms with Crippen molar-refractivity contribution in [1.82, 2.24) is 0 Å². The molecule has 0 aromatic carbocycles. The van der Waals surface area contributed by atoms with E-state index in [0.717, 1.165) is 12.8 Å². The monoisotopic (exact) mass is 182 g/mol. The summed E-state index contributed by atoms with van der Waals surface area (Å²) in [5, 5.41) is 0. The van der Waals surface area contributed by atoms with Gasteiger partial charge in [0.05, 0.1) is 7.11 Å². The second-order valence-corrected chi connectivity index (χ2v) is 4.06. The van der Waals surface area contributed by atoms with Crippen molar-refractivity contribution in [3.63, 3.8) is 0 Å². The van der Waals surface area contributed by atoms with Gasteiger partial charge in [0.25, 0.3) is 0 Å². The van der Waals surface area contributed by atoms with Crippen molar-refractivity contribution in [1.29, 1.82) is 0 Å². The Balaban J connectivity index is 2.06. The molecule has 2 aliphatic carbocycles. The Labute approximate surface area is 77.7 Å². The van der Waals surface area contributed by atoms with Crippen molar-refractivity contribution in [2.75, 3.05) is 7.11 Å². The largest absolute Gasteiger partial charge is 0.508 e. The molecule has 0 spiro atoms. The summed E-state index contributed by atoms with van der Waals surface area (Å²) in [4.78, 5) is 11.0. The molecule has 3 atom stereocenters. The predicted molar refractivity (Wildman–Crippen MR) is 47.2 cm³/mol. The maximum atomic E-state index is 11.0. The van der Waals surface area contributed by atoms with Gasteiger partial charge in [-0.2, -0.15) is 0 Å². The second kappa shape index (κ2) is 2.76. The van der Waals surface area contributed by atoms with Crippen molar-refractivity contribution in [3.05, 3.63) is 12.2 Å². The summed E-state index contributed by atoms with van der Waals surface area (Å²) in [6.45, 7) is 1.98. The van der Waals surface area contributed by atoms with Gasteiger partial charge in [-0.1, -0.05) is 12.2 Å². The minimum Gasteiger partial charge on any atom is -0.438 e. The van der Waals surface area contributed by atoms with Crippen LogP contribution in [-0.4, -0.2) is 18.9 Å². The average molecular weight is 182 g/mol. The van der Waals surface area contributed by atoms with Gasteiger partial charge in [-0.05, 0) is 25.7 Å². The van der Waals surface area contributed by atoms with E-state index in [2.05, 4.69) is 16.9 Å². The normalized spacial score (nSPS) is 40.8. The van der Waals surface area contributed by atoms with Crippen molar-refractivity contribution < 1.29 is 14.3 Å². The smallest absolute Gasteiger partial charge is 0.438 e. The predicted octanol–water partition coefficient (Wildman–Crippen LogP) is 2.12. The number of methoxy groups -OCH3 is 1. The topological polar surface area (TPSA) is 35.5 Å². The Morgan fingerprint density at radius 1 is 1.54 bits per heavy atom. The molecule has 3 unspecified atom stereocenters. The highest BCUT2D eigenvalue weighted by Gasteiger charge is 2.48. The highest BCUT2D eigenvalue weighted by Crippen LogP contribution is 2.48. The molecule has 0 heterocycles. The lowest BCUT2D eigenvalue weighted by Crippen LogP contribution is -2.35. The quantitative estimate of drug-likeness (QED) is 0.460. The van der Waals surface area contributed by atoms with Crippen LogP contribution in [0.25, 0.3) is 0 Å². The number of ether oxygens (including phenoxy) is 2. The summed E-state index contributed by atoms with van der Waals surface area (Å²) in [7, 11) is 1.34. The first kappa shape index (κ1) is 8.60. The van der Waals surface area contributed by atoms with Gasteiger partial charge in [0.15, 0.2) is 0 Å². The molecule has 1 saturated carbocycles. The van der Waals surface area contributed by atoms with E-state index in [9.17, 15) is 4.79 Å². The third-order valence-corrected chi connectivity index (χ3v) is 3.11. The Morgan fingerprint density at radius 3 is 2.77 bits per heavy atom. The van der Waals surface area contributed by atoms with Gasteiger partial charge in [-0.15, -0.1) is 0 Å². The Morgan fingerprint density at radius 2 is 2.31 bits per heavy atom. The molecule has 0 aromatic heterocycles. The highest BCUT2D eigenvalue weighted by atomic mass is 16.7. The molecule has 2 rings (SSSR count). The molecule has 13 heavy (non-hydrogen) atoms. The van der Waals surface area contributed by atoms with Crippen LogP contribution in [0.4, 0.5) is 4.79 Å². The van der Waals surface area contributed by atoms with Gasteiger partial charge in [-0.25, -0.2) is 4.79 Å². The fourth-order valence-corrected chi connectivity index (χ4v) is 2.40. The standard InChI is InChI=1S/C10H14O3/c1-10(13-9(11)12-2)6-7-3-4-8(10)5-7/h3-4,7-8H,5-6H2,1-2H3. The molecule has 2 aliphatic rings. The molecule has 3 heteroatoms. The van der Waals surface area contributed by atoms with Gasteiger partial charge in [0.2, 0.25) is 0 Å². The van der Waals surface area contributed by atoms with Crippen molar-refractivity contribution in [2.24, 2.45) is 11.8 Å². The fraction of sp³-hybridized carbons (Fsp3) is 0.700. The maximum absolute atomic E-state index is 11.0. The Hall–Kier alpha value is -0.990. The van der Waals surface area contributed by atoms with Gasteiger partial charge in [0, 0.05) is 5.92 Å². The molecule has 2 bridgehead atoms. The molecule has 0 aromatic rings. The van der Waals surface area contributed by atoms with Crippen LogP contribution >= 0.6 is 0 Å². The van der Waals surface area contributed by atoms with Crippen LogP contribution in [0.15, 0.2) is 12.2 Å². The molecular weight excluding hydrogens is 168 g/mol. The Kier molecular flexibility index (Phi) is 1.82. The summed E-state index contributed by atoms with van der Waals surface area (Å²) in [5.41, 5.74) is -0.327. The Bertz CT molecular complexity index is 259. The average Bonchev–Trinajstić information content (AvgIpc) is 2.62. The lowest BCUT2D eigenvalue weighted by atomic mass is 9.90. The number of rotatable bonds is 1. The number of fused-ring (bicyclic) bond motifs is 2. The summed E-state index contributed by atoms with van der Waals surface area (Å²) >= 11 is 0. The summed E-state index contributed by atoms with van der Waals surface area (Å²) < 4.78 is 9.77. The second-order valence-electron chi connectivity index (χ2n) is 4.06. The fourth-order valence-electron chi connectivity index (χ4n) is 2.40. The van der Waals surface area contributed by atoms with Gasteiger partial charge >= 0.3 is 6.16 Å². The van der Waals surface area contributed by atoms with E-state index >= 15 is 0 Å². The number of carbonyl (C=O) groups excluding carboxylic acids is 1. The number of allylic oxidation sites excluding steroid dienone is 1. The van der Waals surface area contributed by atoms with E-state index in [1.165, 1.54) is 7.11 Å². The van der Waals surface area contributed by atoms with Crippen molar-refractivity contribution >= 4 is 6.16 Å². The van der Waals surface area contributed by atoms with Crippen LogP contribution in [0.1, 0.15) is 19.8 Å². The van der Waals surface area contributed by atoms with Gasteiger partial charge in [-0.3, -0.25) is 0 Å². The van der Waals surface area contributed by atoms with Crippen LogP contribution in [0.3, 0.4) is 0 Å². The van der Waals surface area contributed by atoms with E-state index in [0.29, 0.717) is 11.8 Å². The van der Waals surface area contributed by atoms with Gasteiger partial charge < -0.3 is 9.47 Å². The molecule has 1 fully saturated rings. The number of hydrogen-bond donors (Lipinski definition) is 0. The van der Waals surface area contributed by atoms with Crippen LogP contribution in [-0.2, 0) is 9.47 Å². The maximum Gasteiger partial charge on any atom is 0.508 e. The first-order valence-electron chi connectivity index (χ1n) is 4.59. The molecule has 0 aliphatic heterocycles. The van der Waals surface area contributed by atoms with E-state index in [1.807, 2.05) is 6.92 Å². The van der Waals surface area contributed by atoms with Crippen molar-refractivity contribution in [3.8, 4) is 0 Å². The third kappa shape index (κ3) is 1.32. The van der Waals surface area contributed by atoms with E-state index in [1.54, 1.807) is 0 Å². The molecule has 0 radical (unpaired) electrons. The van der Waals surface area contributed by atoms with Crippen LogP contribution < -0.4 is 0 Å². The molecule has 0 saturated heterocycles. The zero-order valence-corrected chi connectivity index (χ0v) is 7.95. The molecule has 72 valence electrons. The summed E-state index contributed by atoms with van der Waals surface area (Å²) in [6, 6.07) is 0. The zero-order valence-electron chi connectivity index (χ0n) is 7.95. The van der Waals surface area contributed by atoms with E-state index in [4.69, 9.17) is 4.74 Å². The number of hydrogen-bond acceptors (Lipinski definition) is 3. The molecule has 0 N–H and O–H groups in total. The minimum absolute atomic E-state index is 0.327. The summed E-state index contributed by atoms with van der Waals surface area (Å²) in [5.74, 6) is 0.983. The third-order valence-electron chi connectivity index (χ3n) is 3.11. The van der Waals surface area contributed by atoms with E-state index < -0.39 is 6.16 Å². The zero-order chi connectivity index (χ0) is 9.47. The van der Waals surface area contributed by atoms with Crippen molar-refractivity contribution in [2.45, 2.75) is 25.4 Å². The van der Waals surface area contributed by atoms with Gasteiger partial charge in [0.1, 0.15) is 5.60 Å². The minimum atomic E-state index is -0.566. The first-order valence-corrected chi connectivity index (χ1v) is 4.59. The molecule has 3 nitrogen and oxygen atoms in total. The number of carbonyl (C=O) groups is 1. The van der Waals surface area contributed by atoms with Crippen LogP contribution in [0, 0.1) is 11.8 Å². The molecular formula is C10H14O3. The summed E-state index contributed by atoms with van der Waals surface area (Å²) in [6.07, 6.45) is 5.85.